The fraction of sp³-hybridized carbons (Fsp3) is 0.368. The summed E-state index contributed by atoms with van der Waals surface area (Å²) >= 11 is 7.82. The number of halogens is 1. The van der Waals surface area contributed by atoms with Crippen LogP contribution in [0.25, 0.3) is 22.0 Å². The molecule has 1 fully saturated rings. The van der Waals surface area contributed by atoms with Crippen molar-refractivity contribution in [2.75, 3.05) is 0 Å². The lowest BCUT2D eigenvalue weighted by Gasteiger charge is -2.14. The van der Waals surface area contributed by atoms with Gasteiger partial charge in [-0.3, -0.25) is 4.72 Å². The molecule has 6 heteroatoms. The van der Waals surface area contributed by atoms with Gasteiger partial charge in [-0.1, -0.05) is 29.6 Å². The van der Waals surface area contributed by atoms with Crippen molar-refractivity contribution < 1.29 is 4.52 Å². The van der Waals surface area contributed by atoms with Crippen LogP contribution in [0.1, 0.15) is 37.1 Å². The Hall–Kier alpha value is -1.56. The van der Waals surface area contributed by atoms with Crippen molar-refractivity contribution in [2.24, 2.45) is 0 Å². The van der Waals surface area contributed by atoms with Crippen molar-refractivity contribution in [3.63, 3.8) is 0 Å². The van der Waals surface area contributed by atoms with E-state index >= 15 is 0 Å². The fourth-order valence-corrected chi connectivity index (χ4v) is 4.64. The van der Waals surface area contributed by atoms with Gasteiger partial charge in [-0.25, -0.2) is 4.98 Å². The highest BCUT2D eigenvalue weighted by atomic mass is 35.5. The highest BCUT2D eigenvalue weighted by Crippen LogP contribution is 2.36. The summed E-state index contributed by atoms with van der Waals surface area (Å²) in [4.78, 5) is 5.68. The van der Waals surface area contributed by atoms with Gasteiger partial charge in [-0.15, -0.1) is 0 Å². The van der Waals surface area contributed by atoms with Gasteiger partial charge in [0.25, 0.3) is 0 Å². The molecule has 130 valence electrons. The van der Waals surface area contributed by atoms with E-state index in [0.717, 1.165) is 38.4 Å². The molecule has 0 unspecified atom stereocenters. The fourth-order valence-electron chi connectivity index (χ4n) is 3.49. The zero-order chi connectivity index (χ0) is 17.4. The van der Waals surface area contributed by atoms with Gasteiger partial charge in [0.05, 0.1) is 11.2 Å². The molecular weight excluding hydrogens is 354 g/mol. The Morgan fingerprint density at radius 3 is 2.72 bits per heavy atom. The number of aromatic nitrogens is 2. The van der Waals surface area contributed by atoms with Crippen LogP contribution in [0.3, 0.4) is 0 Å². The quantitative estimate of drug-likeness (QED) is 0.469. The number of nitrogens with zero attached hydrogens (tertiary/aromatic N) is 2. The molecule has 1 aliphatic carbocycles. The number of fused-ring (bicyclic) bond motifs is 1. The van der Waals surface area contributed by atoms with E-state index in [-0.39, 0.29) is 0 Å². The second kappa shape index (κ2) is 6.98. The smallest absolute Gasteiger partial charge is 0.141 e. The molecule has 0 amide bonds. The molecule has 0 radical (unpaired) electrons. The van der Waals surface area contributed by atoms with Crippen molar-refractivity contribution >= 4 is 34.5 Å². The van der Waals surface area contributed by atoms with Crippen molar-refractivity contribution in [3.05, 3.63) is 40.9 Å². The number of aryl methyl sites for hydroxylation is 2. The van der Waals surface area contributed by atoms with E-state index < -0.39 is 0 Å². The number of pyridine rings is 1. The first-order valence-corrected chi connectivity index (χ1v) is 9.77. The van der Waals surface area contributed by atoms with Gasteiger partial charge in [0, 0.05) is 21.9 Å². The van der Waals surface area contributed by atoms with E-state index in [1.165, 1.54) is 25.7 Å². The molecule has 3 aromatic rings. The van der Waals surface area contributed by atoms with Gasteiger partial charge in [0.1, 0.15) is 10.9 Å². The Bertz CT molecular complexity index is 899. The second-order valence-electron chi connectivity index (χ2n) is 6.58. The third-order valence-electron chi connectivity index (χ3n) is 4.75. The summed E-state index contributed by atoms with van der Waals surface area (Å²) in [5.41, 5.74) is 3.87. The van der Waals surface area contributed by atoms with E-state index in [1.807, 2.05) is 26.0 Å². The summed E-state index contributed by atoms with van der Waals surface area (Å²) < 4.78 is 8.97. The molecule has 0 saturated heterocycles. The highest BCUT2D eigenvalue weighted by Gasteiger charge is 2.18. The summed E-state index contributed by atoms with van der Waals surface area (Å²) in [6.07, 6.45) is 5.13. The number of rotatable bonds is 4. The average molecular weight is 374 g/mol. The van der Waals surface area contributed by atoms with Crippen LogP contribution in [-0.2, 0) is 0 Å². The minimum Gasteiger partial charge on any atom is -0.361 e. The maximum atomic E-state index is 6.13. The van der Waals surface area contributed by atoms with Gasteiger partial charge >= 0.3 is 0 Å². The molecule has 1 saturated carbocycles. The molecule has 1 aliphatic rings. The van der Waals surface area contributed by atoms with Crippen molar-refractivity contribution in [1.29, 1.82) is 0 Å². The molecule has 0 spiro atoms. The third kappa shape index (κ3) is 3.41. The Kier molecular flexibility index (Phi) is 4.71. The van der Waals surface area contributed by atoms with Crippen LogP contribution in [0.4, 0.5) is 0 Å². The van der Waals surface area contributed by atoms with Crippen LogP contribution < -0.4 is 4.72 Å². The Balaban J connectivity index is 1.78. The summed E-state index contributed by atoms with van der Waals surface area (Å²) in [6, 6.07) is 8.73. The zero-order valence-electron chi connectivity index (χ0n) is 14.3. The number of nitrogens with one attached hydrogen (secondary N) is 1. The lowest BCUT2D eigenvalue weighted by molar-refractivity contribution is 0.393. The first-order chi connectivity index (χ1) is 12.1. The predicted octanol–water partition coefficient (Wildman–Crippen LogP) is 5.70. The Labute approximate surface area is 156 Å². The molecule has 2 aromatic heterocycles. The number of hydrogen-bond acceptors (Lipinski definition) is 5. The zero-order valence-corrected chi connectivity index (χ0v) is 15.9. The first kappa shape index (κ1) is 16.9. The lowest BCUT2D eigenvalue weighted by Crippen LogP contribution is -2.18. The predicted molar refractivity (Wildman–Crippen MR) is 103 cm³/mol. The summed E-state index contributed by atoms with van der Waals surface area (Å²) in [6.45, 7) is 3.90. The average Bonchev–Trinajstić information content (AvgIpc) is 3.22. The monoisotopic (exact) mass is 373 g/mol. The molecule has 2 heterocycles. The van der Waals surface area contributed by atoms with E-state index in [2.05, 4.69) is 27.0 Å². The van der Waals surface area contributed by atoms with E-state index in [0.29, 0.717) is 11.2 Å². The molecule has 0 atom stereocenters. The molecule has 0 bridgehead atoms. The minimum absolute atomic E-state index is 0.503. The number of hydrogen-bond donors (Lipinski definition) is 1. The molecular formula is C19H20ClN3OS. The maximum Gasteiger partial charge on any atom is 0.141 e. The van der Waals surface area contributed by atoms with Crippen molar-refractivity contribution in [2.45, 2.75) is 50.5 Å². The van der Waals surface area contributed by atoms with E-state index in [1.54, 1.807) is 11.9 Å². The Morgan fingerprint density at radius 1 is 1.20 bits per heavy atom. The van der Waals surface area contributed by atoms with E-state index in [9.17, 15) is 0 Å². The SMILES string of the molecule is Cc1noc(C)c1-c1cc(SNC2CCCC2)c2ccc(Cl)nc2c1. The molecule has 25 heavy (non-hydrogen) atoms. The largest absolute Gasteiger partial charge is 0.361 e. The van der Waals surface area contributed by atoms with Crippen LogP contribution in [-0.4, -0.2) is 16.2 Å². The van der Waals surface area contributed by atoms with Crippen LogP contribution in [0.2, 0.25) is 5.15 Å². The molecule has 1 N–H and O–H groups in total. The minimum atomic E-state index is 0.503. The van der Waals surface area contributed by atoms with Gasteiger partial charge in [-0.05, 0) is 68.5 Å². The van der Waals surface area contributed by atoms with Crippen LogP contribution in [0.15, 0.2) is 33.7 Å². The van der Waals surface area contributed by atoms with Gasteiger partial charge in [-0.2, -0.15) is 0 Å². The molecule has 4 rings (SSSR count). The normalized spacial score (nSPS) is 15.3. The molecule has 0 aliphatic heterocycles. The standard InChI is InChI=1S/C19H20ClN3OS/c1-11-19(12(2)24-22-11)13-9-16-15(7-8-18(20)21-16)17(10-13)25-23-14-5-3-4-6-14/h7-10,14,23H,3-6H2,1-2H3. The number of benzene rings is 1. The highest BCUT2D eigenvalue weighted by molar-refractivity contribution is 7.97. The molecule has 1 aromatic carbocycles. The van der Waals surface area contributed by atoms with Gasteiger partial charge in [0.2, 0.25) is 0 Å². The maximum absolute atomic E-state index is 6.13. The Morgan fingerprint density at radius 2 is 2.00 bits per heavy atom. The topological polar surface area (TPSA) is 51.0 Å². The lowest BCUT2D eigenvalue weighted by atomic mass is 10.0. The summed E-state index contributed by atoms with van der Waals surface area (Å²) in [7, 11) is 0. The van der Waals surface area contributed by atoms with Crippen LogP contribution in [0.5, 0.6) is 0 Å². The van der Waals surface area contributed by atoms with Crippen LogP contribution in [0, 0.1) is 13.8 Å². The summed E-state index contributed by atoms with van der Waals surface area (Å²) in [5.74, 6) is 0.818. The first-order valence-electron chi connectivity index (χ1n) is 8.58. The van der Waals surface area contributed by atoms with Crippen molar-refractivity contribution in [1.82, 2.24) is 14.9 Å². The third-order valence-corrected chi connectivity index (χ3v) is 5.97. The summed E-state index contributed by atoms with van der Waals surface area (Å²) in [5, 5.41) is 5.69. The van der Waals surface area contributed by atoms with Gasteiger partial charge < -0.3 is 4.52 Å². The van der Waals surface area contributed by atoms with Crippen molar-refractivity contribution in [3.8, 4) is 11.1 Å². The van der Waals surface area contributed by atoms with E-state index in [4.69, 9.17) is 16.1 Å². The van der Waals surface area contributed by atoms with Crippen LogP contribution >= 0.6 is 23.5 Å². The molecule has 4 nitrogen and oxygen atoms in total. The second-order valence-corrected chi connectivity index (χ2v) is 7.84. The van der Waals surface area contributed by atoms with Gasteiger partial charge in [0.15, 0.2) is 0 Å².